The number of benzene rings is 2. The van der Waals surface area contributed by atoms with Gasteiger partial charge in [0.15, 0.2) is 0 Å². The van der Waals surface area contributed by atoms with Crippen LogP contribution in [-0.4, -0.2) is 27.0 Å². The Bertz CT molecular complexity index is 1170. The van der Waals surface area contributed by atoms with Crippen LogP contribution in [0.15, 0.2) is 72.9 Å². The van der Waals surface area contributed by atoms with Crippen LogP contribution in [0.25, 0.3) is 11.0 Å². The third kappa shape index (κ3) is 4.91. The number of aryl methyl sites for hydroxylation is 2. The van der Waals surface area contributed by atoms with E-state index in [1.165, 1.54) is 5.56 Å². The second-order valence-corrected chi connectivity index (χ2v) is 7.54. The van der Waals surface area contributed by atoms with Gasteiger partial charge in [-0.15, -0.1) is 0 Å². The number of amides is 1. The molecule has 0 fully saturated rings. The molecule has 2 aromatic carbocycles. The molecule has 0 bridgehead atoms. The van der Waals surface area contributed by atoms with E-state index in [0.29, 0.717) is 12.3 Å². The molecular formula is C25H26N4O2. The summed E-state index contributed by atoms with van der Waals surface area (Å²) in [7, 11) is 0. The number of rotatable bonds is 8. The molecule has 6 nitrogen and oxygen atoms in total. The molecule has 1 amide bonds. The largest absolute Gasteiger partial charge is 0.494 e. The van der Waals surface area contributed by atoms with Gasteiger partial charge >= 0.3 is 0 Å². The van der Waals surface area contributed by atoms with E-state index in [9.17, 15) is 4.79 Å². The van der Waals surface area contributed by atoms with Crippen molar-refractivity contribution < 1.29 is 9.53 Å². The Morgan fingerprint density at radius 2 is 1.94 bits per heavy atom. The molecule has 2 heterocycles. The highest BCUT2D eigenvalue weighted by Gasteiger charge is 2.19. The molecule has 0 saturated carbocycles. The molecular weight excluding hydrogens is 388 g/mol. The summed E-state index contributed by atoms with van der Waals surface area (Å²) in [5.74, 6) is 1.49. The van der Waals surface area contributed by atoms with Gasteiger partial charge in [0.05, 0.1) is 23.7 Å². The summed E-state index contributed by atoms with van der Waals surface area (Å²) < 4.78 is 8.07. The van der Waals surface area contributed by atoms with Gasteiger partial charge < -0.3 is 14.6 Å². The van der Waals surface area contributed by atoms with Crippen molar-refractivity contribution in [2.24, 2.45) is 0 Å². The van der Waals surface area contributed by atoms with E-state index in [2.05, 4.69) is 33.9 Å². The Morgan fingerprint density at radius 3 is 2.74 bits per heavy atom. The van der Waals surface area contributed by atoms with E-state index in [0.717, 1.165) is 35.6 Å². The fourth-order valence-electron chi connectivity index (χ4n) is 3.61. The fraction of sp³-hybridized carbons (Fsp3) is 0.240. The summed E-state index contributed by atoms with van der Waals surface area (Å²) in [5, 5.41) is 3.02. The topological polar surface area (TPSA) is 69.0 Å². The molecule has 1 atom stereocenters. The molecule has 6 heteroatoms. The predicted octanol–water partition coefficient (Wildman–Crippen LogP) is 4.70. The number of pyridine rings is 1. The van der Waals surface area contributed by atoms with Crippen molar-refractivity contribution >= 4 is 16.9 Å². The van der Waals surface area contributed by atoms with Crippen LogP contribution in [0.3, 0.4) is 0 Å². The number of nitrogens with one attached hydrogen (secondary N) is 1. The maximum atomic E-state index is 12.6. The number of hydrogen-bond acceptors (Lipinski definition) is 4. The maximum absolute atomic E-state index is 12.6. The van der Waals surface area contributed by atoms with Crippen molar-refractivity contribution in [1.29, 1.82) is 0 Å². The van der Waals surface area contributed by atoms with Crippen LogP contribution in [0.1, 0.15) is 41.3 Å². The minimum absolute atomic E-state index is 0.213. The zero-order chi connectivity index (χ0) is 21.6. The number of fused-ring (bicyclic) bond motifs is 1. The number of carbonyl (C=O) groups excluding carboxylic acids is 1. The van der Waals surface area contributed by atoms with Crippen LogP contribution in [-0.2, 0) is 6.54 Å². The van der Waals surface area contributed by atoms with Crippen molar-refractivity contribution in [3.05, 3.63) is 90.0 Å². The molecule has 4 rings (SSSR count). The third-order valence-electron chi connectivity index (χ3n) is 5.10. The number of hydrogen-bond donors (Lipinski definition) is 1. The monoisotopic (exact) mass is 414 g/mol. The molecule has 1 unspecified atom stereocenters. The van der Waals surface area contributed by atoms with E-state index in [4.69, 9.17) is 9.72 Å². The Morgan fingerprint density at radius 1 is 1.10 bits per heavy atom. The van der Waals surface area contributed by atoms with Crippen LogP contribution in [0.2, 0.25) is 0 Å². The molecule has 0 spiro atoms. The summed E-state index contributed by atoms with van der Waals surface area (Å²) >= 11 is 0. The Hall–Kier alpha value is -3.67. The van der Waals surface area contributed by atoms with E-state index < -0.39 is 0 Å². The predicted molar refractivity (Wildman–Crippen MR) is 121 cm³/mol. The average molecular weight is 415 g/mol. The van der Waals surface area contributed by atoms with Crippen molar-refractivity contribution in [3.63, 3.8) is 0 Å². The smallest absolute Gasteiger partial charge is 0.270 e. The Kier molecular flexibility index (Phi) is 6.26. The van der Waals surface area contributed by atoms with Crippen molar-refractivity contribution in [3.8, 4) is 5.75 Å². The molecule has 2 aromatic heterocycles. The molecule has 0 aliphatic heterocycles. The van der Waals surface area contributed by atoms with Crippen LogP contribution >= 0.6 is 0 Å². The number of aromatic nitrogens is 3. The van der Waals surface area contributed by atoms with Gasteiger partial charge in [-0.25, -0.2) is 4.98 Å². The van der Waals surface area contributed by atoms with E-state index >= 15 is 0 Å². The number of ether oxygens (including phenoxy) is 1. The minimum Gasteiger partial charge on any atom is -0.494 e. The molecule has 158 valence electrons. The quantitative estimate of drug-likeness (QED) is 0.424. The van der Waals surface area contributed by atoms with Crippen LogP contribution in [0.4, 0.5) is 0 Å². The first-order valence-electron chi connectivity index (χ1n) is 10.5. The van der Waals surface area contributed by atoms with Gasteiger partial charge in [0.2, 0.25) is 0 Å². The van der Waals surface area contributed by atoms with E-state index in [-0.39, 0.29) is 11.9 Å². The lowest BCUT2D eigenvalue weighted by atomic mass is 10.2. The van der Waals surface area contributed by atoms with Gasteiger partial charge in [0.1, 0.15) is 17.3 Å². The third-order valence-corrected chi connectivity index (χ3v) is 5.10. The standard InChI is InChI=1S/C25H26N4O2/c1-18-9-7-10-20(17-18)31-16-8-15-29-23-13-4-3-11-21(23)28-24(29)19(2)27-25(30)22-12-5-6-14-26-22/h3-7,9-14,17,19H,8,15-16H2,1-2H3,(H,27,30). The average Bonchev–Trinajstić information content (AvgIpc) is 3.16. The van der Waals surface area contributed by atoms with Gasteiger partial charge in [-0.3, -0.25) is 9.78 Å². The van der Waals surface area contributed by atoms with Gasteiger partial charge in [0.25, 0.3) is 5.91 Å². The summed E-state index contributed by atoms with van der Waals surface area (Å²) in [6.07, 6.45) is 2.44. The van der Waals surface area contributed by atoms with Crippen molar-refractivity contribution in [2.75, 3.05) is 6.61 Å². The van der Waals surface area contributed by atoms with Gasteiger partial charge in [-0.05, 0) is 62.2 Å². The molecule has 0 aliphatic rings. The zero-order valence-corrected chi connectivity index (χ0v) is 17.8. The lowest BCUT2D eigenvalue weighted by Crippen LogP contribution is -2.29. The summed E-state index contributed by atoms with van der Waals surface area (Å²) in [6, 6.07) is 21.1. The lowest BCUT2D eigenvalue weighted by Gasteiger charge is -2.16. The van der Waals surface area contributed by atoms with Crippen LogP contribution < -0.4 is 10.1 Å². The Balaban J connectivity index is 1.48. The summed E-state index contributed by atoms with van der Waals surface area (Å²) in [4.78, 5) is 21.5. The van der Waals surface area contributed by atoms with E-state index in [1.54, 1.807) is 24.4 Å². The van der Waals surface area contributed by atoms with Gasteiger partial charge in [0, 0.05) is 12.7 Å². The lowest BCUT2D eigenvalue weighted by molar-refractivity contribution is 0.0932. The normalized spacial score (nSPS) is 11.9. The number of imidazole rings is 1. The molecule has 0 aliphatic carbocycles. The van der Waals surface area contributed by atoms with Crippen LogP contribution in [0, 0.1) is 6.92 Å². The zero-order valence-electron chi connectivity index (χ0n) is 17.8. The van der Waals surface area contributed by atoms with Gasteiger partial charge in [-0.2, -0.15) is 0 Å². The molecule has 0 radical (unpaired) electrons. The highest BCUT2D eigenvalue weighted by atomic mass is 16.5. The maximum Gasteiger partial charge on any atom is 0.270 e. The first-order chi connectivity index (χ1) is 15.1. The molecule has 0 saturated heterocycles. The number of nitrogens with zero attached hydrogens (tertiary/aromatic N) is 3. The molecule has 1 N–H and O–H groups in total. The second-order valence-electron chi connectivity index (χ2n) is 7.54. The highest BCUT2D eigenvalue weighted by Crippen LogP contribution is 2.22. The first-order valence-corrected chi connectivity index (χ1v) is 10.5. The van der Waals surface area contributed by atoms with Crippen molar-refractivity contribution in [2.45, 2.75) is 32.9 Å². The summed E-state index contributed by atoms with van der Waals surface area (Å²) in [6.45, 7) is 5.34. The minimum atomic E-state index is -0.264. The van der Waals surface area contributed by atoms with Gasteiger partial charge in [-0.1, -0.05) is 30.3 Å². The van der Waals surface area contributed by atoms with Crippen LogP contribution in [0.5, 0.6) is 5.75 Å². The fourth-order valence-corrected chi connectivity index (χ4v) is 3.61. The molecule has 31 heavy (non-hydrogen) atoms. The summed E-state index contributed by atoms with van der Waals surface area (Å²) in [5.41, 5.74) is 3.53. The van der Waals surface area contributed by atoms with E-state index in [1.807, 2.05) is 43.3 Å². The highest BCUT2D eigenvalue weighted by molar-refractivity contribution is 5.92. The SMILES string of the molecule is Cc1cccc(OCCCn2c(C(C)NC(=O)c3ccccn3)nc3ccccc32)c1. The Labute approximate surface area is 181 Å². The number of para-hydroxylation sites is 2. The first kappa shape index (κ1) is 20.6. The second kappa shape index (κ2) is 9.43. The molecule has 4 aromatic rings. The van der Waals surface area contributed by atoms with Crippen molar-refractivity contribution in [1.82, 2.24) is 19.9 Å². The number of carbonyl (C=O) groups is 1.